The van der Waals surface area contributed by atoms with Crippen LogP contribution in [0.2, 0.25) is 0 Å². The molecule has 1 aliphatic rings. The molecule has 2 nitrogen and oxygen atoms in total. The van der Waals surface area contributed by atoms with Gasteiger partial charge in [-0.3, -0.25) is 4.79 Å². The summed E-state index contributed by atoms with van der Waals surface area (Å²) in [6.45, 7) is 0. The predicted molar refractivity (Wildman–Crippen MR) is 101 cm³/mol. The molecule has 0 saturated carbocycles. The van der Waals surface area contributed by atoms with Gasteiger partial charge in [-0.2, -0.15) is 0 Å². The first kappa shape index (κ1) is 15.4. The Bertz CT molecular complexity index is 983. The molecule has 0 saturated heterocycles. The van der Waals surface area contributed by atoms with Gasteiger partial charge < -0.3 is 4.74 Å². The molecule has 0 unspecified atom stereocenters. The van der Waals surface area contributed by atoms with E-state index < -0.39 is 0 Å². The molecule has 0 spiro atoms. The zero-order valence-corrected chi connectivity index (χ0v) is 14.0. The van der Waals surface area contributed by atoms with Crippen LogP contribution >= 0.6 is 0 Å². The summed E-state index contributed by atoms with van der Waals surface area (Å²) in [4.78, 5) is 12.6. The molecule has 0 amide bonds. The van der Waals surface area contributed by atoms with Gasteiger partial charge in [-0.1, -0.05) is 54.6 Å². The summed E-state index contributed by atoms with van der Waals surface area (Å²) < 4.78 is 5.21. The minimum absolute atomic E-state index is 0.00926. The number of allylic oxidation sites excluding steroid dienone is 1. The number of methoxy groups -OCH3 is 1. The van der Waals surface area contributed by atoms with E-state index in [4.69, 9.17) is 4.74 Å². The van der Waals surface area contributed by atoms with E-state index in [2.05, 4.69) is 24.3 Å². The van der Waals surface area contributed by atoms with Gasteiger partial charge in [0.05, 0.1) is 7.11 Å². The quantitative estimate of drug-likeness (QED) is 0.382. The van der Waals surface area contributed by atoms with Gasteiger partial charge in [0.25, 0.3) is 0 Å². The van der Waals surface area contributed by atoms with Crippen LogP contribution in [0.15, 0.2) is 72.8 Å². The summed E-state index contributed by atoms with van der Waals surface area (Å²) in [5, 5.41) is 0. The van der Waals surface area contributed by atoms with Crippen molar-refractivity contribution in [2.45, 2.75) is 6.42 Å². The lowest BCUT2D eigenvalue weighted by Crippen LogP contribution is -1.95. The Labute approximate surface area is 147 Å². The third kappa shape index (κ3) is 2.99. The number of carbonyl (C=O) groups excluding carboxylic acids is 1. The van der Waals surface area contributed by atoms with Gasteiger partial charge in [0.15, 0.2) is 5.78 Å². The van der Waals surface area contributed by atoms with Gasteiger partial charge in [0.1, 0.15) is 5.75 Å². The van der Waals surface area contributed by atoms with E-state index in [0.717, 1.165) is 23.3 Å². The number of benzene rings is 3. The van der Waals surface area contributed by atoms with E-state index in [9.17, 15) is 4.79 Å². The van der Waals surface area contributed by atoms with Crippen molar-refractivity contribution in [2.75, 3.05) is 7.11 Å². The predicted octanol–water partition coefficient (Wildman–Crippen LogP) is 5.16. The van der Waals surface area contributed by atoms with Gasteiger partial charge in [0, 0.05) is 5.56 Å². The second-order valence-electron chi connectivity index (χ2n) is 6.18. The minimum Gasteiger partial charge on any atom is -0.497 e. The molecule has 3 aromatic rings. The number of fused-ring (bicyclic) bond motifs is 3. The third-order valence-corrected chi connectivity index (χ3v) is 4.60. The van der Waals surface area contributed by atoms with Crippen LogP contribution in [0.5, 0.6) is 5.75 Å². The Morgan fingerprint density at radius 2 is 1.76 bits per heavy atom. The molecule has 4 rings (SSSR count). The van der Waals surface area contributed by atoms with Gasteiger partial charge in [-0.05, 0) is 58.5 Å². The molecule has 1 aliphatic carbocycles. The smallest absolute Gasteiger partial charge is 0.185 e. The van der Waals surface area contributed by atoms with Crippen LogP contribution in [-0.4, -0.2) is 12.9 Å². The van der Waals surface area contributed by atoms with Crippen molar-refractivity contribution in [3.63, 3.8) is 0 Å². The molecule has 122 valence electrons. The molecule has 0 bridgehead atoms. The highest BCUT2D eigenvalue weighted by Gasteiger charge is 2.18. The lowest BCUT2D eigenvalue weighted by atomic mass is 10.0. The minimum atomic E-state index is 0.00926. The largest absolute Gasteiger partial charge is 0.497 e. The van der Waals surface area contributed by atoms with E-state index in [1.54, 1.807) is 13.2 Å². The SMILES string of the molecule is COc1cccc(C=CC(=O)c2ccc3c(c2)-c2ccccc2C3)c1. The van der Waals surface area contributed by atoms with E-state index in [1.807, 2.05) is 48.5 Å². The Morgan fingerprint density at radius 3 is 2.64 bits per heavy atom. The fourth-order valence-corrected chi connectivity index (χ4v) is 3.29. The summed E-state index contributed by atoms with van der Waals surface area (Å²) in [5.41, 5.74) is 6.69. The number of carbonyl (C=O) groups is 1. The summed E-state index contributed by atoms with van der Waals surface area (Å²) in [5.74, 6) is 0.790. The molecule has 0 fully saturated rings. The van der Waals surface area contributed by atoms with Crippen LogP contribution in [0.3, 0.4) is 0 Å². The highest BCUT2D eigenvalue weighted by atomic mass is 16.5. The standard InChI is InChI=1S/C23H18O2/c1-25-20-7-4-5-16(13-20)9-12-23(24)19-11-10-18-14-17-6-2-3-8-21(17)22(18)15-19/h2-13,15H,14H2,1H3. The molecule has 0 radical (unpaired) electrons. The van der Waals surface area contributed by atoms with E-state index >= 15 is 0 Å². The molecule has 0 N–H and O–H groups in total. The first-order chi connectivity index (χ1) is 12.2. The average molecular weight is 326 g/mol. The molecule has 0 heterocycles. The average Bonchev–Trinajstić information content (AvgIpc) is 3.04. The Balaban J connectivity index is 1.61. The van der Waals surface area contributed by atoms with Crippen LogP contribution in [0.25, 0.3) is 17.2 Å². The Hall–Kier alpha value is -3.13. The summed E-state index contributed by atoms with van der Waals surface area (Å²) in [7, 11) is 1.64. The van der Waals surface area contributed by atoms with Gasteiger partial charge in [-0.15, -0.1) is 0 Å². The molecule has 2 heteroatoms. The van der Waals surface area contributed by atoms with Crippen LogP contribution in [0.4, 0.5) is 0 Å². The van der Waals surface area contributed by atoms with Crippen molar-refractivity contribution in [3.8, 4) is 16.9 Å². The van der Waals surface area contributed by atoms with Crippen molar-refractivity contribution < 1.29 is 9.53 Å². The second kappa shape index (κ2) is 6.40. The van der Waals surface area contributed by atoms with Crippen LogP contribution in [0, 0.1) is 0 Å². The van der Waals surface area contributed by atoms with Crippen molar-refractivity contribution in [1.29, 1.82) is 0 Å². The fraction of sp³-hybridized carbons (Fsp3) is 0.0870. The fourth-order valence-electron chi connectivity index (χ4n) is 3.29. The highest BCUT2D eigenvalue weighted by molar-refractivity contribution is 6.07. The van der Waals surface area contributed by atoms with Crippen molar-refractivity contribution in [3.05, 3.63) is 95.1 Å². The first-order valence-electron chi connectivity index (χ1n) is 8.32. The van der Waals surface area contributed by atoms with Gasteiger partial charge >= 0.3 is 0 Å². The summed E-state index contributed by atoms with van der Waals surface area (Å²) in [6.07, 6.45) is 4.39. The van der Waals surface area contributed by atoms with Crippen LogP contribution < -0.4 is 4.74 Å². The maximum absolute atomic E-state index is 12.6. The molecular formula is C23H18O2. The lowest BCUT2D eigenvalue weighted by Gasteiger charge is -2.03. The molecule has 0 aromatic heterocycles. The van der Waals surface area contributed by atoms with E-state index in [0.29, 0.717) is 0 Å². The van der Waals surface area contributed by atoms with Crippen LogP contribution in [-0.2, 0) is 6.42 Å². The van der Waals surface area contributed by atoms with Gasteiger partial charge in [-0.25, -0.2) is 0 Å². The normalized spacial score (nSPS) is 12.0. The number of hydrogen-bond donors (Lipinski definition) is 0. The van der Waals surface area contributed by atoms with Crippen molar-refractivity contribution >= 4 is 11.9 Å². The van der Waals surface area contributed by atoms with Crippen LogP contribution in [0.1, 0.15) is 27.0 Å². The zero-order chi connectivity index (χ0) is 17.2. The molecule has 25 heavy (non-hydrogen) atoms. The van der Waals surface area contributed by atoms with Crippen molar-refractivity contribution in [1.82, 2.24) is 0 Å². The maximum Gasteiger partial charge on any atom is 0.185 e. The summed E-state index contributed by atoms with van der Waals surface area (Å²) >= 11 is 0. The zero-order valence-electron chi connectivity index (χ0n) is 14.0. The number of hydrogen-bond acceptors (Lipinski definition) is 2. The number of ether oxygens (including phenoxy) is 1. The van der Waals surface area contributed by atoms with Gasteiger partial charge in [0.2, 0.25) is 0 Å². The van der Waals surface area contributed by atoms with E-state index in [-0.39, 0.29) is 5.78 Å². The third-order valence-electron chi connectivity index (χ3n) is 4.60. The highest BCUT2D eigenvalue weighted by Crippen LogP contribution is 2.36. The second-order valence-corrected chi connectivity index (χ2v) is 6.18. The molecular weight excluding hydrogens is 308 g/mol. The Kier molecular flexibility index (Phi) is 3.95. The monoisotopic (exact) mass is 326 g/mol. The first-order valence-corrected chi connectivity index (χ1v) is 8.32. The molecule has 3 aromatic carbocycles. The Morgan fingerprint density at radius 1 is 0.920 bits per heavy atom. The maximum atomic E-state index is 12.6. The van der Waals surface area contributed by atoms with E-state index in [1.165, 1.54) is 22.3 Å². The molecule has 0 atom stereocenters. The van der Waals surface area contributed by atoms with Crippen molar-refractivity contribution in [2.24, 2.45) is 0 Å². The number of ketones is 1. The summed E-state index contributed by atoms with van der Waals surface area (Å²) in [6, 6.07) is 22.0. The number of rotatable bonds is 4. The lowest BCUT2D eigenvalue weighted by molar-refractivity contribution is 0.104. The molecule has 0 aliphatic heterocycles. The topological polar surface area (TPSA) is 26.3 Å².